The Labute approximate surface area is 410 Å². The molecule has 0 saturated carbocycles. The molecule has 0 aliphatic carbocycles. The topological polar surface area (TPSA) is 95.9 Å². The van der Waals surface area contributed by atoms with E-state index in [9.17, 15) is 19.8 Å². The molecule has 0 aromatic carbocycles. The van der Waals surface area contributed by atoms with Crippen LogP contribution in [0.1, 0.15) is 296 Å². The summed E-state index contributed by atoms with van der Waals surface area (Å²) in [6, 6.07) is -0.632. The van der Waals surface area contributed by atoms with Gasteiger partial charge in [-0.2, -0.15) is 0 Å². The van der Waals surface area contributed by atoms with Crippen molar-refractivity contribution in [2.45, 2.75) is 309 Å². The molecule has 2 unspecified atom stereocenters. The summed E-state index contributed by atoms with van der Waals surface area (Å²) in [5.41, 5.74) is 0. The van der Waals surface area contributed by atoms with Gasteiger partial charge in [-0.15, -0.1) is 0 Å². The molecule has 0 saturated heterocycles. The van der Waals surface area contributed by atoms with Crippen LogP contribution in [0.25, 0.3) is 0 Å². The Kier molecular flexibility index (Phi) is 53.6. The molecule has 1 amide bonds. The zero-order valence-corrected chi connectivity index (χ0v) is 43.9. The monoisotopic (exact) mass is 926 g/mol. The lowest BCUT2D eigenvalue weighted by atomic mass is 10.0. The van der Waals surface area contributed by atoms with E-state index in [1.165, 1.54) is 212 Å². The highest BCUT2D eigenvalue weighted by molar-refractivity contribution is 5.76. The number of aliphatic hydroxyl groups is 2. The molecule has 6 nitrogen and oxygen atoms in total. The summed E-state index contributed by atoms with van der Waals surface area (Å²) in [5.74, 6) is -0.0801. The lowest BCUT2D eigenvalue weighted by molar-refractivity contribution is -0.143. The predicted molar refractivity (Wildman–Crippen MR) is 287 cm³/mol. The fourth-order valence-electron chi connectivity index (χ4n) is 8.59. The Hall–Kier alpha value is -2.18. The lowest BCUT2D eigenvalue weighted by Crippen LogP contribution is -2.45. The van der Waals surface area contributed by atoms with Crippen LogP contribution in [0, 0.1) is 0 Å². The van der Waals surface area contributed by atoms with Crippen molar-refractivity contribution in [3.05, 3.63) is 48.6 Å². The molecule has 386 valence electrons. The molecule has 0 spiro atoms. The molecule has 66 heavy (non-hydrogen) atoms. The highest BCUT2D eigenvalue weighted by Gasteiger charge is 2.18. The van der Waals surface area contributed by atoms with Crippen LogP contribution in [0.5, 0.6) is 0 Å². The van der Waals surface area contributed by atoms with Crippen molar-refractivity contribution in [3.63, 3.8) is 0 Å². The lowest BCUT2D eigenvalue weighted by Gasteiger charge is -2.20. The van der Waals surface area contributed by atoms with Crippen LogP contribution in [0.15, 0.2) is 48.6 Å². The van der Waals surface area contributed by atoms with Crippen LogP contribution in [-0.4, -0.2) is 47.4 Å². The van der Waals surface area contributed by atoms with Gasteiger partial charge in [-0.3, -0.25) is 9.59 Å². The van der Waals surface area contributed by atoms with E-state index < -0.39 is 12.1 Å². The number of rotatable bonds is 53. The number of allylic oxidation sites excluding steroid dienone is 7. The molecule has 0 rings (SSSR count). The molecule has 0 radical (unpaired) electrons. The standard InChI is InChI=1S/C60H111NO5/c1-3-5-7-9-11-13-15-17-30-34-38-42-46-50-54-60(65)66-55-51-47-43-39-35-31-28-26-24-22-20-18-19-21-23-25-27-29-33-37-41-45-49-53-59(64)61-57(56-62)58(63)52-48-44-40-36-32-16-14-12-10-8-6-4-2/h9,11,15,17,21,23,48,52,57-58,62-63H,3-8,10,12-14,16,18-20,22,24-47,49-51,53-56H2,1-2H3,(H,61,64)/b11-9-,17-15-,23-21-,52-48+. The molecule has 3 N–H and O–H groups in total. The number of amides is 1. The van der Waals surface area contributed by atoms with Crippen molar-refractivity contribution in [3.8, 4) is 0 Å². The maximum atomic E-state index is 12.4. The van der Waals surface area contributed by atoms with Crippen molar-refractivity contribution in [2.24, 2.45) is 0 Å². The summed E-state index contributed by atoms with van der Waals surface area (Å²) < 4.78 is 5.47. The van der Waals surface area contributed by atoms with E-state index in [4.69, 9.17) is 4.74 Å². The quantitative estimate of drug-likeness (QED) is 0.0321. The Morgan fingerprint density at radius 2 is 0.773 bits per heavy atom. The Morgan fingerprint density at radius 3 is 1.21 bits per heavy atom. The summed E-state index contributed by atoms with van der Waals surface area (Å²) in [7, 11) is 0. The molecule has 0 aromatic heterocycles. The van der Waals surface area contributed by atoms with Gasteiger partial charge in [-0.1, -0.05) is 249 Å². The Bertz CT molecular complexity index is 1110. The predicted octanol–water partition coefficient (Wildman–Crippen LogP) is 17.8. The summed E-state index contributed by atoms with van der Waals surface area (Å²) in [6.07, 6.45) is 69.9. The van der Waals surface area contributed by atoms with Crippen molar-refractivity contribution in [2.75, 3.05) is 13.2 Å². The van der Waals surface area contributed by atoms with E-state index in [1.807, 2.05) is 6.08 Å². The van der Waals surface area contributed by atoms with Crippen LogP contribution in [-0.2, 0) is 14.3 Å². The minimum atomic E-state index is -0.848. The number of aliphatic hydroxyl groups excluding tert-OH is 2. The van der Waals surface area contributed by atoms with E-state index in [0.29, 0.717) is 19.4 Å². The number of carbonyl (C=O) groups excluding carboxylic acids is 2. The van der Waals surface area contributed by atoms with Crippen LogP contribution in [0.2, 0.25) is 0 Å². The first-order valence-electron chi connectivity index (χ1n) is 28.9. The van der Waals surface area contributed by atoms with Crippen molar-refractivity contribution in [1.29, 1.82) is 0 Å². The second-order valence-corrected chi connectivity index (χ2v) is 19.6. The van der Waals surface area contributed by atoms with Crippen molar-refractivity contribution < 1.29 is 24.5 Å². The first-order chi connectivity index (χ1) is 32.5. The number of carbonyl (C=O) groups is 2. The fraction of sp³-hybridized carbons (Fsp3) is 0.833. The number of nitrogens with one attached hydrogen (secondary N) is 1. The fourth-order valence-corrected chi connectivity index (χ4v) is 8.59. The summed E-state index contributed by atoms with van der Waals surface area (Å²) in [4.78, 5) is 24.4. The van der Waals surface area contributed by atoms with Gasteiger partial charge in [-0.05, 0) is 83.5 Å². The Morgan fingerprint density at radius 1 is 0.424 bits per heavy atom. The number of unbranched alkanes of at least 4 members (excludes halogenated alkanes) is 36. The van der Waals surface area contributed by atoms with Gasteiger partial charge in [0.25, 0.3) is 0 Å². The third-order valence-electron chi connectivity index (χ3n) is 13.1. The molecule has 0 aromatic rings. The van der Waals surface area contributed by atoms with Gasteiger partial charge in [0.1, 0.15) is 0 Å². The summed E-state index contributed by atoms with van der Waals surface area (Å²) in [6.45, 7) is 4.84. The van der Waals surface area contributed by atoms with Crippen LogP contribution >= 0.6 is 0 Å². The average molecular weight is 927 g/mol. The maximum absolute atomic E-state index is 12.4. The van der Waals surface area contributed by atoms with E-state index >= 15 is 0 Å². The first kappa shape index (κ1) is 63.8. The molecule has 0 bridgehead atoms. The first-order valence-corrected chi connectivity index (χ1v) is 28.9. The second kappa shape index (κ2) is 55.4. The minimum absolute atomic E-state index is 0.00435. The largest absolute Gasteiger partial charge is 0.466 e. The van der Waals surface area contributed by atoms with Gasteiger partial charge >= 0.3 is 5.97 Å². The zero-order valence-electron chi connectivity index (χ0n) is 43.9. The molecule has 0 fully saturated rings. The highest BCUT2D eigenvalue weighted by Crippen LogP contribution is 2.16. The SMILES string of the molecule is CCCC/C=C\C/C=C\CCCCCCCC(=O)OCCCCCCCCCCCCCC/C=C\CCCCCCCCCC(=O)NC(CO)C(O)/C=C/CCCCCCCCCCCC. The number of hydrogen-bond acceptors (Lipinski definition) is 5. The van der Waals surface area contributed by atoms with Crippen LogP contribution in [0.3, 0.4) is 0 Å². The van der Waals surface area contributed by atoms with Crippen LogP contribution in [0.4, 0.5) is 0 Å². The maximum Gasteiger partial charge on any atom is 0.305 e. The molecular weight excluding hydrogens is 815 g/mol. The molecular formula is C60H111NO5. The van der Waals surface area contributed by atoms with Gasteiger partial charge in [0.2, 0.25) is 5.91 Å². The van der Waals surface area contributed by atoms with Crippen LogP contribution < -0.4 is 5.32 Å². The molecule has 2 atom stereocenters. The third-order valence-corrected chi connectivity index (χ3v) is 13.1. The van der Waals surface area contributed by atoms with Gasteiger partial charge < -0.3 is 20.3 Å². The van der Waals surface area contributed by atoms with E-state index in [1.54, 1.807) is 6.08 Å². The van der Waals surface area contributed by atoms with E-state index in [2.05, 4.69) is 55.6 Å². The van der Waals surface area contributed by atoms with E-state index in [-0.39, 0.29) is 18.5 Å². The molecule has 0 heterocycles. The molecule has 6 heteroatoms. The minimum Gasteiger partial charge on any atom is -0.466 e. The molecule has 0 aliphatic rings. The van der Waals surface area contributed by atoms with Gasteiger partial charge in [0, 0.05) is 12.8 Å². The van der Waals surface area contributed by atoms with Gasteiger partial charge in [-0.25, -0.2) is 0 Å². The van der Waals surface area contributed by atoms with Gasteiger partial charge in [0.05, 0.1) is 25.4 Å². The summed E-state index contributed by atoms with van der Waals surface area (Å²) >= 11 is 0. The van der Waals surface area contributed by atoms with Gasteiger partial charge in [0.15, 0.2) is 0 Å². The summed E-state index contributed by atoms with van der Waals surface area (Å²) in [5, 5.41) is 23.0. The average Bonchev–Trinajstić information content (AvgIpc) is 3.32. The third kappa shape index (κ3) is 51.2. The van der Waals surface area contributed by atoms with Crippen molar-refractivity contribution in [1.82, 2.24) is 5.32 Å². The zero-order chi connectivity index (χ0) is 47.9. The Balaban J connectivity index is 3.43. The molecule has 0 aliphatic heterocycles. The number of ether oxygens (including phenoxy) is 1. The smallest absolute Gasteiger partial charge is 0.305 e. The van der Waals surface area contributed by atoms with Crippen molar-refractivity contribution >= 4 is 11.9 Å². The number of esters is 1. The highest BCUT2D eigenvalue weighted by atomic mass is 16.5. The number of hydrogen-bond donors (Lipinski definition) is 3. The second-order valence-electron chi connectivity index (χ2n) is 19.6. The normalized spacial score (nSPS) is 13.0. The van der Waals surface area contributed by atoms with E-state index in [0.717, 1.165) is 57.8 Å².